The van der Waals surface area contributed by atoms with Gasteiger partial charge >= 0.3 is 0 Å². The summed E-state index contributed by atoms with van der Waals surface area (Å²) >= 11 is 0. The minimum atomic E-state index is -0.493. The molecule has 7 nitrogen and oxygen atoms in total. The lowest BCUT2D eigenvalue weighted by atomic mass is 10.0. The maximum Gasteiger partial charge on any atom is 0.262 e. The zero-order chi connectivity index (χ0) is 22.8. The molecule has 3 amide bonds. The van der Waals surface area contributed by atoms with E-state index in [1.807, 2.05) is 0 Å². The van der Waals surface area contributed by atoms with Crippen molar-refractivity contribution in [2.45, 2.75) is 19.9 Å². The van der Waals surface area contributed by atoms with E-state index in [1.165, 1.54) is 12.1 Å². The highest BCUT2D eigenvalue weighted by atomic mass is 19.1. The van der Waals surface area contributed by atoms with E-state index in [-0.39, 0.29) is 12.4 Å². The van der Waals surface area contributed by atoms with Gasteiger partial charge in [0.2, 0.25) is 5.91 Å². The number of carbonyl (C=O) groups excluding carboxylic acids is 3. The number of nitrogens with zero attached hydrogens (tertiary/aromatic N) is 3. The Morgan fingerprint density at radius 2 is 1.66 bits per heavy atom. The molecule has 2 aliphatic heterocycles. The standard InChI is InChI=1S/C24H27FN4O3/c1-3-27-10-12-28(13-11-27)21-9-8-17(25)14-20(21)16(2)26-22(30)15-29-23(31)18-6-4-5-7-19(18)24(29)32/h4-9,14,16H,3,10-13,15H2,1-2H3,(H,26,30). The monoisotopic (exact) mass is 438 g/mol. The molecule has 0 aromatic heterocycles. The third-order valence-corrected chi connectivity index (χ3v) is 6.17. The Hall–Kier alpha value is -3.26. The molecule has 1 saturated heterocycles. The van der Waals surface area contributed by atoms with E-state index in [2.05, 4.69) is 22.0 Å². The Labute approximate surface area is 186 Å². The number of anilines is 1. The predicted octanol–water partition coefficient (Wildman–Crippen LogP) is 2.44. The van der Waals surface area contributed by atoms with Crippen molar-refractivity contribution in [2.75, 3.05) is 44.2 Å². The van der Waals surface area contributed by atoms with E-state index in [0.717, 1.165) is 43.3 Å². The average molecular weight is 439 g/mol. The van der Waals surface area contributed by atoms with Crippen LogP contribution in [0.3, 0.4) is 0 Å². The molecular weight excluding hydrogens is 411 g/mol. The van der Waals surface area contributed by atoms with E-state index in [0.29, 0.717) is 16.7 Å². The Bertz CT molecular complexity index is 1010. The van der Waals surface area contributed by atoms with E-state index in [9.17, 15) is 18.8 Å². The first-order valence-electron chi connectivity index (χ1n) is 10.9. The van der Waals surface area contributed by atoms with Crippen LogP contribution in [0.5, 0.6) is 0 Å². The molecule has 8 heteroatoms. The van der Waals surface area contributed by atoms with Crippen LogP contribution >= 0.6 is 0 Å². The smallest absolute Gasteiger partial charge is 0.262 e. The summed E-state index contributed by atoms with van der Waals surface area (Å²) in [5, 5.41) is 2.83. The van der Waals surface area contributed by atoms with Gasteiger partial charge in [0.15, 0.2) is 0 Å². The summed E-state index contributed by atoms with van der Waals surface area (Å²) in [4.78, 5) is 43.3. The predicted molar refractivity (Wildman–Crippen MR) is 119 cm³/mol. The number of imide groups is 1. The molecule has 1 atom stereocenters. The maximum absolute atomic E-state index is 14.1. The van der Waals surface area contributed by atoms with Crippen LogP contribution < -0.4 is 10.2 Å². The van der Waals surface area contributed by atoms with Crippen LogP contribution in [0, 0.1) is 5.82 Å². The van der Waals surface area contributed by atoms with Gasteiger partial charge in [-0.25, -0.2) is 4.39 Å². The summed E-state index contributed by atoms with van der Waals surface area (Å²) in [5.41, 5.74) is 2.16. The van der Waals surface area contributed by atoms with Gasteiger partial charge in [0.25, 0.3) is 11.8 Å². The van der Waals surface area contributed by atoms with Gasteiger partial charge in [-0.15, -0.1) is 0 Å². The number of likely N-dealkylation sites (N-methyl/N-ethyl adjacent to an activating group) is 1. The molecule has 0 saturated carbocycles. The maximum atomic E-state index is 14.1. The molecule has 0 spiro atoms. The number of hydrogen-bond donors (Lipinski definition) is 1. The second-order valence-electron chi connectivity index (χ2n) is 8.16. The number of amides is 3. The van der Waals surface area contributed by atoms with Crippen molar-refractivity contribution in [1.82, 2.24) is 15.1 Å². The summed E-state index contributed by atoms with van der Waals surface area (Å²) in [7, 11) is 0. The lowest BCUT2D eigenvalue weighted by Gasteiger charge is -2.37. The molecule has 1 unspecified atom stereocenters. The number of benzene rings is 2. The number of hydrogen-bond acceptors (Lipinski definition) is 5. The highest BCUT2D eigenvalue weighted by Crippen LogP contribution is 2.29. The molecule has 2 aromatic rings. The SMILES string of the molecule is CCN1CCN(c2ccc(F)cc2C(C)NC(=O)CN2C(=O)c3ccccc3C2=O)CC1. The highest BCUT2D eigenvalue weighted by Gasteiger charge is 2.36. The molecule has 0 radical (unpaired) electrons. The molecule has 2 heterocycles. The second-order valence-corrected chi connectivity index (χ2v) is 8.16. The molecule has 168 valence electrons. The fourth-order valence-corrected chi connectivity index (χ4v) is 4.36. The molecule has 1 fully saturated rings. The summed E-state index contributed by atoms with van der Waals surface area (Å²) in [6.07, 6.45) is 0. The first kappa shape index (κ1) is 22.0. The molecule has 2 aromatic carbocycles. The molecule has 2 aliphatic rings. The molecule has 1 N–H and O–H groups in total. The van der Waals surface area contributed by atoms with Crippen molar-refractivity contribution >= 4 is 23.4 Å². The van der Waals surface area contributed by atoms with Gasteiger partial charge in [-0.05, 0) is 43.8 Å². The Kier molecular flexibility index (Phi) is 6.23. The number of piperazine rings is 1. The number of rotatable bonds is 6. The quantitative estimate of drug-likeness (QED) is 0.702. The van der Waals surface area contributed by atoms with Crippen LogP contribution in [-0.4, -0.2) is 66.8 Å². The molecule has 0 bridgehead atoms. The van der Waals surface area contributed by atoms with Crippen LogP contribution in [0.25, 0.3) is 0 Å². The Balaban J connectivity index is 1.46. The topological polar surface area (TPSA) is 73.0 Å². The minimum Gasteiger partial charge on any atom is -0.369 e. The van der Waals surface area contributed by atoms with Crippen LogP contribution in [0.4, 0.5) is 10.1 Å². The van der Waals surface area contributed by atoms with E-state index in [4.69, 9.17) is 0 Å². The van der Waals surface area contributed by atoms with Crippen molar-refractivity contribution < 1.29 is 18.8 Å². The van der Waals surface area contributed by atoms with Gasteiger partial charge in [-0.2, -0.15) is 0 Å². The number of nitrogens with one attached hydrogen (secondary N) is 1. The van der Waals surface area contributed by atoms with Crippen LogP contribution in [0.2, 0.25) is 0 Å². The zero-order valence-electron chi connectivity index (χ0n) is 18.3. The van der Waals surface area contributed by atoms with Gasteiger partial charge in [-0.1, -0.05) is 19.1 Å². The summed E-state index contributed by atoms with van der Waals surface area (Å²) in [6.45, 7) is 8.02. The van der Waals surface area contributed by atoms with Gasteiger partial charge in [0.05, 0.1) is 17.2 Å². The molecular formula is C24H27FN4O3. The summed E-state index contributed by atoms with van der Waals surface area (Å²) in [6, 6.07) is 10.6. The van der Waals surface area contributed by atoms with E-state index in [1.54, 1.807) is 37.3 Å². The number of halogens is 1. The van der Waals surface area contributed by atoms with Crippen molar-refractivity contribution in [3.05, 3.63) is 65.0 Å². The fraction of sp³-hybridized carbons (Fsp3) is 0.375. The Morgan fingerprint density at radius 1 is 1.03 bits per heavy atom. The number of fused-ring (bicyclic) bond motifs is 1. The average Bonchev–Trinajstić information content (AvgIpc) is 3.04. The van der Waals surface area contributed by atoms with Crippen molar-refractivity contribution in [1.29, 1.82) is 0 Å². The Morgan fingerprint density at radius 3 is 2.25 bits per heavy atom. The largest absolute Gasteiger partial charge is 0.369 e. The van der Waals surface area contributed by atoms with Gasteiger partial charge in [-0.3, -0.25) is 19.3 Å². The molecule has 32 heavy (non-hydrogen) atoms. The van der Waals surface area contributed by atoms with Gasteiger partial charge in [0.1, 0.15) is 12.4 Å². The van der Waals surface area contributed by atoms with Crippen LogP contribution in [0.1, 0.15) is 46.2 Å². The second kappa shape index (κ2) is 9.08. The third-order valence-electron chi connectivity index (χ3n) is 6.17. The van der Waals surface area contributed by atoms with Crippen molar-refractivity contribution in [3.8, 4) is 0 Å². The molecule has 0 aliphatic carbocycles. The molecule has 4 rings (SSSR count). The van der Waals surface area contributed by atoms with Gasteiger partial charge < -0.3 is 15.1 Å². The first-order chi connectivity index (χ1) is 15.4. The lowest BCUT2D eigenvalue weighted by molar-refractivity contribution is -0.122. The minimum absolute atomic E-state index is 0.303. The number of carbonyl (C=O) groups is 3. The lowest BCUT2D eigenvalue weighted by Crippen LogP contribution is -2.47. The summed E-state index contributed by atoms with van der Waals surface area (Å²) in [5.74, 6) is -1.81. The van der Waals surface area contributed by atoms with E-state index < -0.39 is 23.8 Å². The van der Waals surface area contributed by atoms with Crippen molar-refractivity contribution in [3.63, 3.8) is 0 Å². The van der Waals surface area contributed by atoms with Crippen LogP contribution in [-0.2, 0) is 4.79 Å². The first-order valence-corrected chi connectivity index (χ1v) is 10.9. The van der Waals surface area contributed by atoms with Gasteiger partial charge in [0, 0.05) is 37.4 Å². The highest BCUT2D eigenvalue weighted by molar-refractivity contribution is 6.22. The van der Waals surface area contributed by atoms with E-state index >= 15 is 0 Å². The summed E-state index contributed by atoms with van der Waals surface area (Å²) < 4.78 is 14.1. The van der Waals surface area contributed by atoms with Crippen LogP contribution in [0.15, 0.2) is 42.5 Å². The fourth-order valence-electron chi connectivity index (χ4n) is 4.36. The normalized spacial score (nSPS) is 17.5. The van der Waals surface area contributed by atoms with Crippen molar-refractivity contribution in [2.24, 2.45) is 0 Å². The zero-order valence-corrected chi connectivity index (χ0v) is 18.3. The third kappa shape index (κ3) is 4.23.